The monoisotopic (exact) mass is 374 g/mol. The zero-order valence-corrected chi connectivity index (χ0v) is 17.0. The van der Waals surface area contributed by atoms with Crippen molar-refractivity contribution in [3.63, 3.8) is 0 Å². The van der Waals surface area contributed by atoms with Crippen molar-refractivity contribution in [2.24, 2.45) is 4.99 Å². The lowest BCUT2D eigenvalue weighted by molar-refractivity contribution is 0.0527. The molecule has 2 N–H and O–H groups in total. The van der Waals surface area contributed by atoms with E-state index in [1.54, 1.807) is 0 Å². The highest BCUT2D eigenvalue weighted by molar-refractivity contribution is 5.93. The van der Waals surface area contributed by atoms with Crippen molar-refractivity contribution in [2.75, 3.05) is 31.5 Å². The third-order valence-electron chi connectivity index (χ3n) is 4.20. The standard InChI is InChI=1S/C21H34N4O2/c1-21(2,3)27-20(26)23-15-9-8-14-22-19(25-16-10-5-11-17-25)24-18-12-6-4-7-13-18/h4,6-7,12-13H,5,8-11,14-17H2,1-3H3,(H,22,24)(H,23,26). The van der Waals surface area contributed by atoms with E-state index in [2.05, 4.69) is 27.7 Å². The van der Waals surface area contributed by atoms with Crippen molar-refractivity contribution < 1.29 is 9.53 Å². The van der Waals surface area contributed by atoms with Crippen molar-refractivity contribution in [3.8, 4) is 0 Å². The smallest absolute Gasteiger partial charge is 0.407 e. The molecule has 0 aliphatic carbocycles. The number of unbranched alkanes of at least 4 members (excludes halogenated alkanes) is 1. The number of piperidine rings is 1. The van der Waals surface area contributed by atoms with Gasteiger partial charge in [-0.15, -0.1) is 0 Å². The third kappa shape index (κ3) is 8.80. The minimum absolute atomic E-state index is 0.356. The zero-order chi connectivity index (χ0) is 19.5. The number of para-hydroxylation sites is 1. The molecular formula is C21H34N4O2. The van der Waals surface area contributed by atoms with Crippen LogP contribution in [0.4, 0.5) is 10.5 Å². The number of carbonyl (C=O) groups excluding carboxylic acids is 1. The van der Waals surface area contributed by atoms with Crippen LogP contribution in [0.25, 0.3) is 0 Å². The van der Waals surface area contributed by atoms with Crippen molar-refractivity contribution in [1.29, 1.82) is 0 Å². The molecule has 0 unspecified atom stereocenters. The number of amides is 1. The number of rotatable bonds is 6. The number of alkyl carbamates (subject to hydrolysis) is 1. The highest BCUT2D eigenvalue weighted by atomic mass is 16.6. The Kier molecular flexibility index (Phi) is 8.43. The highest BCUT2D eigenvalue weighted by Crippen LogP contribution is 2.13. The summed E-state index contributed by atoms with van der Waals surface area (Å²) in [6.45, 7) is 9.05. The number of hydrogen-bond acceptors (Lipinski definition) is 3. The maximum atomic E-state index is 11.6. The SMILES string of the molecule is CC(C)(C)OC(=O)NCCCCN=C(Nc1ccccc1)N1CCCCC1. The number of guanidine groups is 1. The Labute approximate surface area is 163 Å². The predicted octanol–water partition coefficient (Wildman–Crippen LogP) is 4.25. The van der Waals surface area contributed by atoms with E-state index >= 15 is 0 Å². The van der Waals surface area contributed by atoms with Gasteiger partial charge in [0.1, 0.15) is 5.60 Å². The van der Waals surface area contributed by atoms with Crippen LogP contribution in [0.15, 0.2) is 35.3 Å². The van der Waals surface area contributed by atoms with Crippen molar-refractivity contribution in [1.82, 2.24) is 10.2 Å². The molecule has 1 aliphatic rings. The van der Waals surface area contributed by atoms with Gasteiger partial charge in [0.2, 0.25) is 0 Å². The maximum Gasteiger partial charge on any atom is 0.407 e. The van der Waals surface area contributed by atoms with Gasteiger partial charge in [0.15, 0.2) is 5.96 Å². The summed E-state index contributed by atoms with van der Waals surface area (Å²) in [7, 11) is 0. The number of carbonyl (C=O) groups is 1. The second kappa shape index (κ2) is 10.8. The number of likely N-dealkylation sites (tertiary alicyclic amines) is 1. The first-order valence-electron chi connectivity index (χ1n) is 10.0. The van der Waals surface area contributed by atoms with E-state index in [9.17, 15) is 4.79 Å². The molecule has 1 amide bonds. The Balaban J connectivity index is 1.77. The fraction of sp³-hybridized carbons (Fsp3) is 0.619. The summed E-state index contributed by atoms with van der Waals surface area (Å²) in [4.78, 5) is 18.8. The molecule has 0 saturated carbocycles. The van der Waals surface area contributed by atoms with Crippen molar-refractivity contribution >= 4 is 17.7 Å². The number of ether oxygens (including phenoxy) is 1. The number of hydrogen-bond donors (Lipinski definition) is 2. The van der Waals surface area contributed by atoms with Crippen LogP contribution in [0.2, 0.25) is 0 Å². The van der Waals surface area contributed by atoms with Crippen LogP contribution in [0.1, 0.15) is 52.9 Å². The molecule has 0 bridgehead atoms. The Morgan fingerprint density at radius 2 is 1.81 bits per heavy atom. The number of nitrogens with one attached hydrogen (secondary N) is 2. The molecule has 0 atom stereocenters. The molecule has 1 fully saturated rings. The second-order valence-electron chi connectivity index (χ2n) is 7.88. The quantitative estimate of drug-likeness (QED) is 0.444. The molecular weight excluding hydrogens is 340 g/mol. The molecule has 1 saturated heterocycles. The van der Waals surface area contributed by atoms with E-state index in [0.717, 1.165) is 44.1 Å². The molecule has 1 aromatic rings. The summed E-state index contributed by atoms with van der Waals surface area (Å²) < 4.78 is 5.23. The van der Waals surface area contributed by atoms with E-state index in [4.69, 9.17) is 9.73 Å². The van der Waals surface area contributed by atoms with Gasteiger partial charge in [-0.3, -0.25) is 4.99 Å². The van der Waals surface area contributed by atoms with Crippen LogP contribution in [0, 0.1) is 0 Å². The van der Waals surface area contributed by atoms with E-state index in [0.29, 0.717) is 6.54 Å². The minimum atomic E-state index is -0.458. The first-order valence-corrected chi connectivity index (χ1v) is 10.0. The average molecular weight is 375 g/mol. The molecule has 1 heterocycles. The van der Waals surface area contributed by atoms with Crippen LogP contribution in [0.5, 0.6) is 0 Å². The van der Waals surface area contributed by atoms with Crippen LogP contribution in [0.3, 0.4) is 0 Å². The Morgan fingerprint density at radius 1 is 1.11 bits per heavy atom. The fourth-order valence-corrected chi connectivity index (χ4v) is 2.90. The van der Waals surface area contributed by atoms with E-state index in [1.807, 2.05) is 39.0 Å². The van der Waals surface area contributed by atoms with E-state index in [1.165, 1.54) is 19.3 Å². The molecule has 0 spiro atoms. The summed E-state index contributed by atoms with van der Waals surface area (Å²) in [5.74, 6) is 0.959. The Bertz CT molecular complexity index is 590. The molecule has 1 aromatic carbocycles. The summed E-state index contributed by atoms with van der Waals surface area (Å²) in [5.41, 5.74) is 0.606. The van der Waals surface area contributed by atoms with E-state index < -0.39 is 5.60 Å². The lowest BCUT2D eigenvalue weighted by Gasteiger charge is -2.30. The highest BCUT2D eigenvalue weighted by Gasteiger charge is 2.16. The first kappa shape index (κ1) is 21.1. The minimum Gasteiger partial charge on any atom is -0.444 e. The molecule has 6 heteroatoms. The van der Waals surface area contributed by atoms with Gasteiger partial charge in [0, 0.05) is 31.9 Å². The predicted molar refractivity (Wildman–Crippen MR) is 111 cm³/mol. The van der Waals surface area contributed by atoms with Gasteiger partial charge in [0.25, 0.3) is 0 Å². The number of benzene rings is 1. The van der Waals surface area contributed by atoms with Gasteiger partial charge in [-0.05, 0) is 65.0 Å². The van der Waals surface area contributed by atoms with Crippen LogP contribution < -0.4 is 10.6 Å². The third-order valence-corrected chi connectivity index (χ3v) is 4.20. The molecule has 150 valence electrons. The normalized spacial score (nSPS) is 15.4. The zero-order valence-electron chi connectivity index (χ0n) is 17.0. The molecule has 27 heavy (non-hydrogen) atoms. The van der Waals surface area contributed by atoms with Gasteiger partial charge < -0.3 is 20.3 Å². The molecule has 1 aliphatic heterocycles. The molecule has 2 rings (SSSR count). The average Bonchev–Trinajstić information content (AvgIpc) is 2.63. The summed E-state index contributed by atoms with van der Waals surface area (Å²) in [6.07, 6.45) is 5.17. The van der Waals surface area contributed by atoms with Crippen LogP contribution in [-0.4, -0.2) is 48.7 Å². The van der Waals surface area contributed by atoms with Gasteiger partial charge in [-0.2, -0.15) is 0 Å². The largest absolute Gasteiger partial charge is 0.444 e. The number of aliphatic imine (C=N–C) groups is 1. The lowest BCUT2D eigenvalue weighted by atomic mass is 10.1. The fourth-order valence-electron chi connectivity index (χ4n) is 2.90. The summed E-state index contributed by atoms with van der Waals surface area (Å²) in [6, 6.07) is 10.2. The van der Waals surface area contributed by atoms with E-state index in [-0.39, 0.29) is 6.09 Å². The lowest BCUT2D eigenvalue weighted by Crippen LogP contribution is -2.40. The molecule has 0 aromatic heterocycles. The van der Waals surface area contributed by atoms with Gasteiger partial charge in [-0.25, -0.2) is 4.79 Å². The van der Waals surface area contributed by atoms with Gasteiger partial charge in [0.05, 0.1) is 0 Å². The number of nitrogens with zero attached hydrogens (tertiary/aromatic N) is 2. The van der Waals surface area contributed by atoms with Crippen molar-refractivity contribution in [2.45, 2.75) is 58.5 Å². The van der Waals surface area contributed by atoms with Crippen LogP contribution >= 0.6 is 0 Å². The van der Waals surface area contributed by atoms with Gasteiger partial charge >= 0.3 is 6.09 Å². The Hall–Kier alpha value is -2.24. The molecule has 0 radical (unpaired) electrons. The molecule has 6 nitrogen and oxygen atoms in total. The topological polar surface area (TPSA) is 66.0 Å². The first-order chi connectivity index (χ1) is 12.9. The number of anilines is 1. The Morgan fingerprint density at radius 3 is 2.48 bits per heavy atom. The van der Waals surface area contributed by atoms with Gasteiger partial charge in [-0.1, -0.05) is 18.2 Å². The second-order valence-corrected chi connectivity index (χ2v) is 7.88. The van der Waals surface area contributed by atoms with Crippen molar-refractivity contribution in [3.05, 3.63) is 30.3 Å². The maximum absolute atomic E-state index is 11.6. The summed E-state index contributed by atoms with van der Waals surface area (Å²) in [5, 5.41) is 6.26. The summed E-state index contributed by atoms with van der Waals surface area (Å²) >= 11 is 0. The van der Waals surface area contributed by atoms with Crippen LogP contribution in [-0.2, 0) is 4.74 Å².